The third-order valence-electron chi connectivity index (χ3n) is 5.46. The number of rotatable bonds is 4. The molecule has 2 aliphatic rings. The molecule has 1 amide bonds. The molecule has 1 heterocycles. The monoisotopic (exact) mass is 310 g/mol. The Morgan fingerprint density at radius 3 is 2.70 bits per heavy atom. The first-order valence-electron chi connectivity index (χ1n) is 8.34. The summed E-state index contributed by atoms with van der Waals surface area (Å²) >= 11 is 0. The minimum Gasteiger partial charge on any atom is -0.352 e. The van der Waals surface area contributed by atoms with Gasteiger partial charge in [-0.05, 0) is 54.9 Å². The number of aromatic nitrogens is 2. The number of nitrogens with one attached hydrogen (secondary N) is 1. The Kier molecular flexibility index (Phi) is 3.65. The lowest BCUT2D eigenvalue weighted by atomic mass is 9.84. The zero-order chi connectivity index (χ0) is 15.8. The topological polar surface area (TPSA) is 72.9 Å². The van der Waals surface area contributed by atoms with Crippen LogP contribution in [0.4, 0.5) is 0 Å². The van der Waals surface area contributed by atoms with E-state index in [-0.39, 0.29) is 17.9 Å². The molecule has 2 saturated carbocycles. The van der Waals surface area contributed by atoms with Crippen LogP contribution < -0.4 is 11.1 Å². The molecule has 120 valence electrons. The van der Waals surface area contributed by atoms with Crippen molar-refractivity contribution in [2.75, 3.05) is 0 Å². The molecule has 2 aliphatic carbocycles. The van der Waals surface area contributed by atoms with E-state index in [9.17, 15) is 4.79 Å². The summed E-state index contributed by atoms with van der Waals surface area (Å²) in [4.78, 5) is 12.5. The van der Waals surface area contributed by atoms with Crippen LogP contribution in [0.25, 0.3) is 5.69 Å². The smallest absolute Gasteiger partial charge is 0.225 e. The number of fused-ring (bicyclic) bond motifs is 2. The summed E-state index contributed by atoms with van der Waals surface area (Å²) in [6.07, 6.45) is 7.16. The number of carbonyl (C=O) groups is 1. The van der Waals surface area contributed by atoms with Crippen LogP contribution in [0, 0.1) is 17.8 Å². The second-order valence-corrected chi connectivity index (χ2v) is 6.77. The summed E-state index contributed by atoms with van der Waals surface area (Å²) in [7, 11) is 0. The maximum atomic E-state index is 12.5. The summed E-state index contributed by atoms with van der Waals surface area (Å²) in [5, 5.41) is 7.27. The lowest BCUT2D eigenvalue weighted by Crippen LogP contribution is -2.45. The highest BCUT2D eigenvalue weighted by molar-refractivity contribution is 5.80. The highest BCUT2D eigenvalue weighted by atomic mass is 16.1. The van der Waals surface area contributed by atoms with Crippen LogP contribution in [0.2, 0.25) is 0 Å². The fourth-order valence-electron chi connectivity index (χ4n) is 4.22. The van der Waals surface area contributed by atoms with Crippen molar-refractivity contribution in [3.05, 3.63) is 48.3 Å². The summed E-state index contributed by atoms with van der Waals surface area (Å²) in [5.74, 6) is 1.19. The van der Waals surface area contributed by atoms with Gasteiger partial charge in [-0.3, -0.25) is 4.79 Å². The number of benzene rings is 1. The van der Waals surface area contributed by atoms with Gasteiger partial charge in [0.1, 0.15) is 0 Å². The van der Waals surface area contributed by atoms with E-state index >= 15 is 0 Å². The summed E-state index contributed by atoms with van der Waals surface area (Å²) < 4.78 is 1.82. The number of amides is 1. The van der Waals surface area contributed by atoms with Crippen LogP contribution in [-0.4, -0.2) is 21.7 Å². The molecular weight excluding hydrogens is 288 g/mol. The zero-order valence-electron chi connectivity index (χ0n) is 13.1. The van der Waals surface area contributed by atoms with Crippen molar-refractivity contribution in [2.45, 2.75) is 31.8 Å². The maximum Gasteiger partial charge on any atom is 0.225 e. The first kappa shape index (κ1) is 14.5. The van der Waals surface area contributed by atoms with E-state index in [4.69, 9.17) is 5.73 Å². The van der Waals surface area contributed by atoms with Gasteiger partial charge in [0, 0.05) is 25.0 Å². The molecule has 0 saturated heterocycles. The molecule has 2 bridgehead atoms. The Hall–Kier alpha value is -2.14. The predicted molar refractivity (Wildman–Crippen MR) is 87.7 cm³/mol. The molecule has 0 aliphatic heterocycles. The summed E-state index contributed by atoms with van der Waals surface area (Å²) in [6, 6.07) is 10.0. The molecule has 4 atom stereocenters. The molecule has 2 aromatic rings. The van der Waals surface area contributed by atoms with Crippen molar-refractivity contribution in [3.8, 4) is 5.69 Å². The van der Waals surface area contributed by atoms with E-state index in [1.54, 1.807) is 6.20 Å². The lowest BCUT2D eigenvalue weighted by Gasteiger charge is -2.27. The number of carbonyl (C=O) groups excluding carboxylic acids is 1. The Bertz CT molecular complexity index is 678. The van der Waals surface area contributed by atoms with Crippen LogP contribution >= 0.6 is 0 Å². The molecule has 1 aromatic carbocycles. The van der Waals surface area contributed by atoms with E-state index in [2.05, 4.69) is 10.4 Å². The van der Waals surface area contributed by atoms with Gasteiger partial charge in [-0.2, -0.15) is 5.10 Å². The van der Waals surface area contributed by atoms with Crippen molar-refractivity contribution in [1.82, 2.24) is 15.1 Å². The van der Waals surface area contributed by atoms with Gasteiger partial charge in [0.05, 0.1) is 11.6 Å². The second kappa shape index (κ2) is 5.81. The van der Waals surface area contributed by atoms with E-state index in [0.717, 1.165) is 24.1 Å². The third kappa shape index (κ3) is 2.65. The molecular formula is C18H22N4O. The first-order valence-corrected chi connectivity index (χ1v) is 8.34. The Labute approximate surface area is 135 Å². The van der Waals surface area contributed by atoms with Crippen molar-refractivity contribution >= 4 is 5.91 Å². The Morgan fingerprint density at radius 1 is 1.26 bits per heavy atom. The fourth-order valence-corrected chi connectivity index (χ4v) is 4.22. The fraction of sp³-hybridized carbons (Fsp3) is 0.444. The van der Waals surface area contributed by atoms with E-state index in [1.165, 1.54) is 6.42 Å². The van der Waals surface area contributed by atoms with Crippen LogP contribution in [0.3, 0.4) is 0 Å². The average Bonchev–Trinajstić information content (AvgIpc) is 3.30. The van der Waals surface area contributed by atoms with Crippen LogP contribution in [0.15, 0.2) is 42.7 Å². The van der Waals surface area contributed by atoms with E-state index in [0.29, 0.717) is 18.4 Å². The average molecular weight is 310 g/mol. The zero-order valence-corrected chi connectivity index (χ0v) is 13.1. The summed E-state index contributed by atoms with van der Waals surface area (Å²) in [6.45, 7) is 0.554. The summed E-state index contributed by atoms with van der Waals surface area (Å²) in [5.41, 5.74) is 8.34. The Balaban J connectivity index is 1.37. The van der Waals surface area contributed by atoms with Crippen molar-refractivity contribution in [1.29, 1.82) is 0 Å². The second-order valence-electron chi connectivity index (χ2n) is 6.77. The molecule has 4 rings (SSSR count). The Morgan fingerprint density at radius 2 is 2.04 bits per heavy atom. The quantitative estimate of drug-likeness (QED) is 0.905. The molecule has 5 heteroatoms. The van der Waals surface area contributed by atoms with Gasteiger partial charge in [-0.1, -0.05) is 12.1 Å². The van der Waals surface area contributed by atoms with Gasteiger partial charge in [0.25, 0.3) is 0 Å². The van der Waals surface area contributed by atoms with Crippen LogP contribution in [0.1, 0.15) is 24.8 Å². The molecule has 1 aromatic heterocycles. The highest BCUT2D eigenvalue weighted by Gasteiger charge is 2.48. The normalized spacial score (nSPS) is 28.9. The van der Waals surface area contributed by atoms with Crippen LogP contribution in [-0.2, 0) is 11.3 Å². The minimum atomic E-state index is 0.0112. The van der Waals surface area contributed by atoms with Crippen molar-refractivity contribution in [2.24, 2.45) is 23.5 Å². The van der Waals surface area contributed by atoms with Crippen molar-refractivity contribution < 1.29 is 4.79 Å². The first-order chi connectivity index (χ1) is 11.2. The molecule has 23 heavy (non-hydrogen) atoms. The molecule has 0 radical (unpaired) electrons. The number of nitrogens with two attached hydrogens (primary N) is 1. The minimum absolute atomic E-state index is 0.0112. The molecule has 0 spiro atoms. The van der Waals surface area contributed by atoms with Gasteiger partial charge in [-0.25, -0.2) is 4.68 Å². The van der Waals surface area contributed by atoms with Crippen LogP contribution in [0.5, 0.6) is 0 Å². The molecule has 3 N–H and O–H groups in total. The number of nitrogens with zero attached hydrogens (tertiary/aromatic N) is 2. The highest BCUT2D eigenvalue weighted by Crippen LogP contribution is 2.47. The molecule has 2 fully saturated rings. The molecule has 4 unspecified atom stereocenters. The van der Waals surface area contributed by atoms with Gasteiger partial charge < -0.3 is 11.1 Å². The number of hydrogen-bond acceptors (Lipinski definition) is 3. The molecule has 5 nitrogen and oxygen atoms in total. The van der Waals surface area contributed by atoms with Crippen molar-refractivity contribution in [3.63, 3.8) is 0 Å². The predicted octanol–water partition coefficient (Wildman–Crippen LogP) is 1.86. The van der Waals surface area contributed by atoms with Gasteiger partial charge in [-0.15, -0.1) is 0 Å². The largest absolute Gasteiger partial charge is 0.352 e. The SMILES string of the molecule is NC1C2CCC(C2)C1C(=O)NCc1ccc(-n2cccn2)cc1. The lowest BCUT2D eigenvalue weighted by molar-refractivity contribution is -0.127. The standard InChI is InChI=1S/C18H22N4O/c19-17-14-5-4-13(10-14)16(17)18(23)20-11-12-2-6-15(7-3-12)22-9-1-8-21-22/h1-3,6-9,13-14,16-17H,4-5,10-11,19H2,(H,20,23). The van der Waals surface area contributed by atoms with Gasteiger partial charge >= 0.3 is 0 Å². The van der Waals surface area contributed by atoms with Gasteiger partial charge in [0.15, 0.2) is 0 Å². The van der Waals surface area contributed by atoms with E-state index in [1.807, 2.05) is 41.2 Å². The van der Waals surface area contributed by atoms with E-state index < -0.39 is 0 Å². The van der Waals surface area contributed by atoms with Gasteiger partial charge in [0.2, 0.25) is 5.91 Å². The maximum absolute atomic E-state index is 12.5. The number of hydrogen-bond donors (Lipinski definition) is 2. The third-order valence-corrected chi connectivity index (χ3v) is 5.46.